The van der Waals surface area contributed by atoms with E-state index in [1.54, 1.807) is 6.20 Å². The van der Waals surface area contributed by atoms with E-state index in [1.165, 1.54) is 18.2 Å². The molecule has 1 N–H and O–H groups in total. The van der Waals surface area contributed by atoms with E-state index >= 15 is 0 Å². The normalized spacial score (nSPS) is 14.4. The van der Waals surface area contributed by atoms with E-state index in [1.807, 2.05) is 24.3 Å². The Morgan fingerprint density at radius 1 is 1.15 bits per heavy atom. The summed E-state index contributed by atoms with van der Waals surface area (Å²) in [6.45, 7) is 2.83. The third-order valence-electron chi connectivity index (χ3n) is 4.51. The van der Waals surface area contributed by atoms with E-state index in [-0.39, 0.29) is 10.9 Å². The number of halogens is 2. The minimum absolute atomic E-state index is 0.0431. The number of carbonyl (C=O) groups is 1. The van der Waals surface area contributed by atoms with E-state index in [9.17, 15) is 9.18 Å². The molecule has 0 atom stereocenters. The van der Waals surface area contributed by atoms with Gasteiger partial charge >= 0.3 is 0 Å². The maximum Gasteiger partial charge on any atom is 0.257 e. The van der Waals surface area contributed by atoms with Gasteiger partial charge in [0.2, 0.25) is 0 Å². The number of hydrogen-bond donors (Lipinski definition) is 1. The van der Waals surface area contributed by atoms with Gasteiger partial charge in [0.1, 0.15) is 11.6 Å². The number of pyridine rings is 1. The summed E-state index contributed by atoms with van der Waals surface area (Å²) in [4.78, 5) is 19.5. The molecule has 0 spiro atoms. The SMILES string of the molecule is O=C(Nc1ccc(F)c(Cl)c1)c1cnc(N2CCOCC2)c2ccccc12. The van der Waals surface area contributed by atoms with Crippen molar-refractivity contribution < 1.29 is 13.9 Å². The summed E-state index contributed by atoms with van der Waals surface area (Å²) >= 11 is 5.79. The van der Waals surface area contributed by atoms with Gasteiger partial charge in [-0.2, -0.15) is 0 Å². The number of anilines is 2. The van der Waals surface area contributed by atoms with Crippen LogP contribution in [0.25, 0.3) is 10.8 Å². The van der Waals surface area contributed by atoms with Gasteiger partial charge in [-0.25, -0.2) is 9.37 Å². The lowest BCUT2D eigenvalue weighted by Gasteiger charge is -2.29. The first kappa shape index (κ1) is 17.7. The molecule has 5 nitrogen and oxygen atoms in total. The highest BCUT2D eigenvalue weighted by Crippen LogP contribution is 2.28. The number of hydrogen-bond acceptors (Lipinski definition) is 4. The van der Waals surface area contributed by atoms with Crippen molar-refractivity contribution in [2.45, 2.75) is 0 Å². The molecule has 3 aromatic rings. The Hall–Kier alpha value is -2.70. The van der Waals surface area contributed by atoms with Crippen molar-refractivity contribution in [3.63, 3.8) is 0 Å². The first-order valence-electron chi connectivity index (χ1n) is 8.60. The second-order valence-electron chi connectivity index (χ2n) is 6.22. The summed E-state index contributed by atoms with van der Waals surface area (Å²) in [5.41, 5.74) is 0.871. The Balaban J connectivity index is 1.69. The molecule has 2 aromatic carbocycles. The number of nitrogens with zero attached hydrogens (tertiary/aromatic N) is 2. The van der Waals surface area contributed by atoms with Gasteiger partial charge in [-0.3, -0.25) is 4.79 Å². The highest BCUT2D eigenvalue weighted by Gasteiger charge is 2.19. The van der Waals surface area contributed by atoms with Crippen LogP contribution in [0.1, 0.15) is 10.4 Å². The fourth-order valence-electron chi connectivity index (χ4n) is 3.16. The summed E-state index contributed by atoms with van der Waals surface area (Å²) in [5.74, 6) is -0.0122. The average Bonchev–Trinajstić information content (AvgIpc) is 2.70. The van der Waals surface area contributed by atoms with Gasteiger partial charge in [0.15, 0.2) is 0 Å². The Labute approximate surface area is 160 Å². The van der Waals surface area contributed by atoms with Crippen molar-refractivity contribution >= 4 is 39.8 Å². The van der Waals surface area contributed by atoms with Crippen LogP contribution in [0.3, 0.4) is 0 Å². The minimum Gasteiger partial charge on any atom is -0.378 e. The molecular formula is C20H17ClFN3O2. The third kappa shape index (κ3) is 3.59. The first-order chi connectivity index (χ1) is 13.1. The van der Waals surface area contributed by atoms with Gasteiger partial charge in [0.25, 0.3) is 5.91 Å². The average molecular weight is 386 g/mol. The second kappa shape index (κ2) is 7.50. The maximum absolute atomic E-state index is 13.3. The van der Waals surface area contributed by atoms with Crippen LogP contribution in [0.2, 0.25) is 5.02 Å². The molecule has 1 saturated heterocycles. The van der Waals surface area contributed by atoms with Crippen LogP contribution in [-0.2, 0) is 4.74 Å². The van der Waals surface area contributed by atoms with Gasteiger partial charge < -0.3 is 15.0 Å². The lowest BCUT2D eigenvalue weighted by molar-refractivity contribution is 0.102. The van der Waals surface area contributed by atoms with Gasteiger partial charge in [-0.15, -0.1) is 0 Å². The molecule has 2 heterocycles. The molecule has 1 aromatic heterocycles. The molecule has 0 unspecified atom stereocenters. The standard InChI is InChI=1S/C20H17ClFN3O2/c21-17-11-13(5-6-18(17)22)24-20(26)16-12-23-19(25-7-9-27-10-8-25)15-4-2-1-3-14(15)16/h1-6,11-12H,7-10H2,(H,24,26). The monoisotopic (exact) mass is 385 g/mol. The van der Waals surface area contributed by atoms with E-state index in [2.05, 4.69) is 15.2 Å². The number of rotatable bonds is 3. The van der Waals surface area contributed by atoms with Crippen molar-refractivity contribution in [1.82, 2.24) is 4.98 Å². The molecule has 0 aliphatic carbocycles. The molecular weight excluding hydrogens is 369 g/mol. The van der Waals surface area contributed by atoms with Crippen LogP contribution < -0.4 is 10.2 Å². The zero-order valence-corrected chi connectivity index (χ0v) is 15.2. The largest absolute Gasteiger partial charge is 0.378 e. The van der Waals surface area contributed by atoms with E-state index < -0.39 is 5.82 Å². The first-order valence-corrected chi connectivity index (χ1v) is 8.98. The molecule has 0 saturated carbocycles. The van der Waals surface area contributed by atoms with Crippen LogP contribution in [0.15, 0.2) is 48.7 Å². The molecule has 27 heavy (non-hydrogen) atoms. The van der Waals surface area contributed by atoms with Gasteiger partial charge in [0.05, 0.1) is 23.8 Å². The number of morpholine rings is 1. The smallest absolute Gasteiger partial charge is 0.257 e. The number of aromatic nitrogens is 1. The Morgan fingerprint density at radius 2 is 1.89 bits per heavy atom. The molecule has 1 amide bonds. The molecule has 7 heteroatoms. The lowest BCUT2D eigenvalue weighted by atomic mass is 10.1. The van der Waals surface area contributed by atoms with Crippen molar-refractivity contribution in [3.05, 3.63) is 65.1 Å². The molecule has 1 fully saturated rings. The van der Waals surface area contributed by atoms with Crippen LogP contribution in [0.4, 0.5) is 15.9 Å². The summed E-state index contributed by atoms with van der Waals surface area (Å²) in [6.07, 6.45) is 1.58. The van der Waals surface area contributed by atoms with E-state index in [4.69, 9.17) is 16.3 Å². The number of amides is 1. The summed E-state index contributed by atoms with van der Waals surface area (Å²) in [7, 11) is 0. The topological polar surface area (TPSA) is 54.5 Å². The van der Waals surface area contributed by atoms with E-state index in [0.29, 0.717) is 24.5 Å². The predicted molar refractivity (Wildman–Crippen MR) is 104 cm³/mol. The van der Waals surface area contributed by atoms with Crippen molar-refractivity contribution in [1.29, 1.82) is 0 Å². The predicted octanol–water partition coefficient (Wildman–Crippen LogP) is 4.12. The zero-order chi connectivity index (χ0) is 18.8. The second-order valence-corrected chi connectivity index (χ2v) is 6.63. The van der Waals surface area contributed by atoms with Crippen molar-refractivity contribution in [2.75, 3.05) is 36.5 Å². The quantitative estimate of drug-likeness (QED) is 0.737. The lowest BCUT2D eigenvalue weighted by Crippen LogP contribution is -2.37. The van der Waals surface area contributed by atoms with Crippen LogP contribution in [-0.4, -0.2) is 37.2 Å². The highest BCUT2D eigenvalue weighted by atomic mass is 35.5. The van der Waals surface area contributed by atoms with Crippen molar-refractivity contribution in [3.8, 4) is 0 Å². The Bertz CT molecular complexity index is 1010. The molecule has 4 rings (SSSR count). The fourth-order valence-corrected chi connectivity index (χ4v) is 3.34. The number of carbonyl (C=O) groups excluding carboxylic acids is 1. The zero-order valence-electron chi connectivity index (χ0n) is 14.4. The number of benzene rings is 2. The van der Waals surface area contributed by atoms with Crippen LogP contribution in [0.5, 0.6) is 0 Å². The summed E-state index contributed by atoms with van der Waals surface area (Å²) in [5, 5.41) is 4.42. The summed E-state index contributed by atoms with van der Waals surface area (Å²) < 4.78 is 18.7. The fraction of sp³-hybridized carbons (Fsp3) is 0.200. The highest BCUT2D eigenvalue weighted by molar-refractivity contribution is 6.31. The number of fused-ring (bicyclic) bond motifs is 1. The van der Waals surface area contributed by atoms with Gasteiger partial charge in [0, 0.05) is 30.4 Å². The van der Waals surface area contributed by atoms with Crippen molar-refractivity contribution in [2.24, 2.45) is 0 Å². The Morgan fingerprint density at radius 3 is 2.63 bits per heavy atom. The number of ether oxygens (including phenoxy) is 1. The third-order valence-corrected chi connectivity index (χ3v) is 4.80. The summed E-state index contributed by atoms with van der Waals surface area (Å²) in [6, 6.07) is 11.7. The van der Waals surface area contributed by atoms with Crippen LogP contribution in [0, 0.1) is 5.82 Å². The molecule has 138 valence electrons. The van der Waals surface area contributed by atoms with E-state index in [0.717, 1.165) is 29.7 Å². The maximum atomic E-state index is 13.3. The molecule has 1 aliphatic rings. The Kier molecular flexibility index (Phi) is 4.92. The van der Waals surface area contributed by atoms with Crippen LogP contribution >= 0.6 is 11.6 Å². The molecule has 0 bridgehead atoms. The van der Waals surface area contributed by atoms with Gasteiger partial charge in [-0.1, -0.05) is 35.9 Å². The van der Waals surface area contributed by atoms with Gasteiger partial charge in [-0.05, 0) is 23.6 Å². The molecule has 0 radical (unpaired) electrons. The number of nitrogens with one attached hydrogen (secondary N) is 1. The molecule has 1 aliphatic heterocycles. The minimum atomic E-state index is -0.531.